The Morgan fingerprint density at radius 1 is 1.27 bits per heavy atom. The molecule has 0 saturated carbocycles. The summed E-state index contributed by atoms with van der Waals surface area (Å²) >= 11 is 1.36. The highest BCUT2D eigenvalue weighted by Crippen LogP contribution is 2.23. The van der Waals surface area contributed by atoms with Gasteiger partial charge in [0.1, 0.15) is 5.69 Å². The zero-order valence-corrected chi connectivity index (χ0v) is 13.0. The van der Waals surface area contributed by atoms with Crippen LogP contribution in [0.25, 0.3) is 11.4 Å². The fourth-order valence-corrected chi connectivity index (χ4v) is 2.57. The molecule has 1 N–H and O–H groups in total. The average molecular weight is 313 g/mol. The quantitative estimate of drug-likeness (QED) is 0.802. The Kier molecular flexibility index (Phi) is 3.97. The number of carbonyl (C=O) groups is 1. The minimum atomic E-state index is -0.263. The Morgan fingerprint density at radius 2 is 2.14 bits per heavy atom. The van der Waals surface area contributed by atoms with Crippen molar-refractivity contribution in [2.45, 2.75) is 19.9 Å². The second kappa shape index (κ2) is 6.07. The van der Waals surface area contributed by atoms with Crippen molar-refractivity contribution in [3.63, 3.8) is 0 Å². The molecular weight excluding hydrogens is 298 g/mol. The molecule has 0 aliphatic heterocycles. The first-order valence-corrected chi connectivity index (χ1v) is 7.75. The van der Waals surface area contributed by atoms with Crippen LogP contribution in [0.2, 0.25) is 0 Å². The molecule has 0 unspecified atom stereocenters. The molecule has 3 aromatic rings. The highest BCUT2D eigenvalue weighted by molar-refractivity contribution is 7.14. The molecule has 22 heavy (non-hydrogen) atoms. The Balaban J connectivity index is 1.73. The number of nitrogens with one attached hydrogen (secondary N) is 1. The van der Waals surface area contributed by atoms with Gasteiger partial charge in [-0.2, -0.15) is 5.10 Å². The van der Waals surface area contributed by atoms with Crippen LogP contribution >= 0.6 is 11.3 Å². The third-order valence-electron chi connectivity index (χ3n) is 3.02. The van der Waals surface area contributed by atoms with Crippen LogP contribution in [0.3, 0.4) is 0 Å². The van der Waals surface area contributed by atoms with Gasteiger partial charge in [-0.3, -0.25) is 19.8 Å². The number of rotatable bonds is 4. The lowest BCUT2D eigenvalue weighted by molar-refractivity contribution is 0.102. The number of hydrogen-bond donors (Lipinski definition) is 1. The van der Waals surface area contributed by atoms with Crippen LogP contribution in [0.15, 0.2) is 42.0 Å². The summed E-state index contributed by atoms with van der Waals surface area (Å²) in [5.74, 6) is -0.263. The molecule has 112 valence electrons. The zero-order chi connectivity index (χ0) is 15.5. The number of pyridine rings is 1. The van der Waals surface area contributed by atoms with Crippen molar-refractivity contribution in [2.75, 3.05) is 5.32 Å². The molecule has 0 aliphatic carbocycles. The van der Waals surface area contributed by atoms with Gasteiger partial charge in [0.25, 0.3) is 5.91 Å². The van der Waals surface area contributed by atoms with Gasteiger partial charge in [-0.15, -0.1) is 11.3 Å². The first-order chi connectivity index (χ1) is 10.6. The summed E-state index contributed by atoms with van der Waals surface area (Å²) in [7, 11) is 0. The summed E-state index contributed by atoms with van der Waals surface area (Å²) in [6.07, 6.45) is 3.51. The van der Waals surface area contributed by atoms with Gasteiger partial charge in [-0.25, -0.2) is 4.98 Å². The molecule has 0 bridgehead atoms. The molecule has 1 amide bonds. The van der Waals surface area contributed by atoms with Crippen LogP contribution in [0.5, 0.6) is 0 Å². The summed E-state index contributed by atoms with van der Waals surface area (Å²) in [4.78, 5) is 20.8. The fourth-order valence-electron chi connectivity index (χ4n) is 1.87. The van der Waals surface area contributed by atoms with E-state index in [0.29, 0.717) is 10.8 Å². The Labute approximate surface area is 131 Å². The van der Waals surface area contributed by atoms with E-state index in [1.54, 1.807) is 23.1 Å². The number of amides is 1. The molecule has 3 rings (SSSR count). The van der Waals surface area contributed by atoms with Gasteiger partial charge >= 0.3 is 0 Å². The maximum atomic E-state index is 12.2. The predicted octanol–water partition coefficient (Wildman–Crippen LogP) is 3.23. The first-order valence-electron chi connectivity index (χ1n) is 6.87. The molecule has 3 aromatic heterocycles. The summed E-state index contributed by atoms with van der Waals surface area (Å²) in [6, 6.07) is 7.55. The van der Waals surface area contributed by atoms with Crippen LogP contribution in [-0.2, 0) is 0 Å². The minimum absolute atomic E-state index is 0.220. The molecule has 3 heterocycles. The maximum Gasteiger partial charge on any atom is 0.277 e. The van der Waals surface area contributed by atoms with Gasteiger partial charge in [0.2, 0.25) is 0 Å². The standard InChI is InChI=1S/C15H15N5OS/c1-10(2)20-8-6-12(19-20)14(21)18-15-17-13(9-22-15)11-5-3-4-7-16-11/h3-10H,1-2H3,(H,17,18,21). The van der Waals surface area contributed by atoms with Crippen molar-refractivity contribution >= 4 is 22.4 Å². The Morgan fingerprint density at radius 3 is 2.82 bits per heavy atom. The van der Waals surface area contributed by atoms with Crippen LogP contribution < -0.4 is 5.32 Å². The molecule has 0 saturated heterocycles. The largest absolute Gasteiger partial charge is 0.296 e. The lowest BCUT2D eigenvalue weighted by Crippen LogP contribution is -2.13. The summed E-state index contributed by atoms with van der Waals surface area (Å²) in [5.41, 5.74) is 1.90. The van der Waals surface area contributed by atoms with Crippen molar-refractivity contribution in [1.29, 1.82) is 0 Å². The highest BCUT2D eigenvalue weighted by atomic mass is 32.1. The predicted molar refractivity (Wildman–Crippen MR) is 85.9 cm³/mol. The van der Waals surface area contributed by atoms with E-state index in [4.69, 9.17) is 0 Å². The van der Waals surface area contributed by atoms with Crippen LogP contribution in [0.1, 0.15) is 30.4 Å². The van der Waals surface area contributed by atoms with Gasteiger partial charge in [0, 0.05) is 23.8 Å². The highest BCUT2D eigenvalue weighted by Gasteiger charge is 2.13. The van der Waals surface area contributed by atoms with Crippen molar-refractivity contribution in [2.24, 2.45) is 0 Å². The molecule has 0 aliphatic rings. The van der Waals surface area contributed by atoms with Crippen molar-refractivity contribution < 1.29 is 4.79 Å². The van der Waals surface area contributed by atoms with Gasteiger partial charge in [0.05, 0.1) is 5.69 Å². The third kappa shape index (κ3) is 3.04. The molecule has 0 atom stereocenters. The zero-order valence-electron chi connectivity index (χ0n) is 12.2. The molecule has 0 spiro atoms. The topological polar surface area (TPSA) is 72.7 Å². The van der Waals surface area contributed by atoms with Crippen LogP contribution in [0.4, 0.5) is 5.13 Å². The second-order valence-electron chi connectivity index (χ2n) is 4.98. The Hall–Kier alpha value is -2.54. The first kappa shape index (κ1) is 14.4. The van der Waals surface area contributed by atoms with Crippen molar-refractivity contribution in [3.05, 3.63) is 47.7 Å². The van der Waals surface area contributed by atoms with E-state index in [9.17, 15) is 4.79 Å². The third-order valence-corrected chi connectivity index (χ3v) is 3.78. The molecule has 0 radical (unpaired) electrons. The number of thiazole rings is 1. The van der Waals surface area contributed by atoms with E-state index in [0.717, 1.165) is 11.4 Å². The Bertz CT molecular complexity index is 778. The van der Waals surface area contributed by atoms with E-state index in [1.165, 1.54) is 11.3 Å². The lowest BCUT2D eigenvalue weighted by atomic mass is 10.3. The van der Waals surface area contributed by atoms with E-state index < -0.39 is 0 Å². The van der Waals surface area contributed by atoms with Gasteiger partial charge < -0.3 is 0 Å². The van der Waals surface area contributed by atoms with E-state index in [-0.39, 0.29) is 11.9 Å². The van der Waals surface area contributed by atoms with Gasteiger partial charge in [0.15, 0.2) is 10.8 Å². The van der Waals surface area contributed by atoms with Crippen LogP contribution in [0, 0.1) is 0 Å². The fraction of sp³-hybridized carbons (Fsp3) is 0.200. The van der Waals surface area contributed by atoms with E-state index >= 15 is 0 Å². The smallest absolute Gasteiger partial charge is 0.277 e. The molecule has 6 nitrogen and oxygen atoms in total. The lowest BCUT2D eigenvalue weighted by Gasteiger charge is -2.03. The van der Waals surface area contributed by atoms with Crippen molar-refractivity contribution in [1.82, 2.24) is 19.7 Å². The molecule has 0 fully saturated rings. The van der Waals surface area contributed by atoms with Crippen LogP contribution in [-0.4, -0.2) is 25.7 Å². The number of hydrogen-bond acceptors (Lipinski definition) is 5. The summed E-state index contributed by atoms with van der Waals surface area (Å²) in [5, 5.41) is 9.40. The number of carbonyl (C=O) groups excluding carboxylic acids is 1. The SMILES string of the molecule is CC(C)n1ccc(C(=O)Nc2nc(-c3ccccn3)cs2)n1. The molecular formula is C15H15N5OS. The summed E-state index contributed by atoms with van der Waals surface area (Å²) < 4.78 is 1.75. The van der Waals surface area contributed by atoms with Gasteiger partial charge in [-0.1, -0.05) is 6.07 Å². The van der Waals surface area contributed by atoms with E-state index in [1.807, 2.05) is 37.4 Å². The normalized spacial score (nSPS) is 10.9. The second-order valence-corrected chi connectivity index (χ2v) is 5.84. The number of nitrogens with zero attached hydrogens (tertiary/aromatic N) is 4. The minimum Gasteiger partial charge on any atom is -0.296 e. The van der Waals surface area contributed by atoms with Crippen molar-refractivity contribution in [3.8, 4) is 11.4 Å². The van der Waals surface area contributed by atoms with Gasteiger partial charge in [-0.05, 0) is 32.0 Å². The summed E-state index contributed by atoms with van der Waals surface area (Å²) in [6.45, 7) is 4.02. The molecule has 7 heteroatoms. The average Bonchev–Trinajstić information content (AvgIpc) is 3.17. The molecule has 0 aromatic carbocycles. The number of aromatic nitrogens is 4. The monoisotopic (exact) mass is 313 g/mol. The van der Waals surface area contributed by atoms with E-state index in [2.05, 4.69) is 20.4 Å². The number of anilines is 1. The maximum absolute atomic E-state index is 12.2.